The van der Waals surface area contributed by atoms with E-state index in [1.165, 1.54) is 38.6 Å². The SMILES string of the molecule is CC(NCC1(C)CCC1)C1CC1.Cl. The van der Waals surface area contributed by atoms with Crippen molar-refractivity contribution in [3.8, 4) is 0 Å². The highest BCUT2D eigenvalue weighted by atomic mass is 35.5. The highest BCUT2D eigenvalue weighted by Crippen LogP contribution is 2.40. The van der Waals surface area contributed by atoms with Gasteiger partial charge in [-0.2, -0.15) is 0 Å². The first-order valence-corrected chi connectivity index (χ1v) is 5.43. The van der Waals surface area contributed by atoms with E-state index in [0.29, 0.717) is 5.41 Å². The van der Waals surface area contributed by atoms with E-state index >= 15 is 0 Å². The molecule has 2 fully saturated rings. The molecule has 0 aromatic rings. The zero-order valence-corrected chi connectivity index (χ0v) is 9.62. The van der Waals surface area contributed by atoms with Crippen LogP contribution in [0.5, 0.6) is 0 Å². The van der Waals surface area contributed by atoms with Crippen molar-refractivity contribution in [3.05, 3.63) is 0 Å². The van der Waals surface area contributed by atoms with Crippen LogP contribution < -0.4 is 5.32 Å². The summed E-state index contributed by atoms with van der Waals surface area (Å²) in [4.78, 5) is 0. The molecule has 0 radical (unpaired) electrons. The van der Waals surface area contributed by atoms with Crippen LogP contribution in [0.3, 0.4) is 0 Å². The Morgan fingerprint density at radius 3 is 2.38 bits per heavy atom. The Kier molecular flexibility index (Phi) is 3.64. The van der Waals surface area contributed by atoms with Gasteiger partial charge in [0, 0.05) is 12.6 Å². The molecule has 0 aliphatic heterocycles. The molecule has 13 heavy (non-hydrogen) atoms. The Balaban J connectivity index is 0.000000845. The molecule has 1 unspecified atom stereocenters. The standard InChI is InChI=1S/C11H21N.ClH/c1-9(10-4-5-10)12-8-11(2)6-3-7-11;/h9-10,12H,3-8H2,1-2H3;1H. The Morgan fingerprint density at radius 2 is 2.00 bits per heavy atom. The molecule has 0 heterocycles. The molecule has 0 amide bonds. The fourth-order valence-electron chi connectivity index (χ4n) is 2.13. The van der Waals surface area contributed by atoms with Crippen LogP contribution in [0, 0.1) is 11.3 Å². The monoisotopic (exact) mass is 203 g/mol. The largest absolute Gasteiger partial charge is 0.313 e. The third-order valence-electron chi connectivity index (χ3n) is 3.74. The Labute approximate surface area is 88.1 Å². The van der Waals surface area contributed by atoms with Crippen molar-refractivity contribution in [3.63, 3.8) is 0 Å². The van der Waals surface area contributed by atoms with E-state index in [-0.39, 0.29) is 12.4 Å². The highest BCUT2D eigenvalue weighted by Gasteiger charge is 2.34. The van der Waals surface area contributed by atoms with Gasteiger partial charge in [0.1, 0.15) is 0 Å². The highest BCUT2D eigenvalue weighted by molar-refractivity contribution is 5.85. The number of hydrogen-bond acceptors (Lipinski definition) is 1. The quantitative estimate of drug-likeness (QED) is 0.741. The van der Waals surface area contributed by atoms with Crippen LogP contribution in [0.4, 0.5) is 0 Å². The van der Waals surface area contributed by atoms with Gasteiger partial charge in [-0.25, -0.2) is 0 Å². The number of hydrogen-bond donors (Lipinski definition) is 1. The van der Waals surface area contributed by atoms with Crippen LogP contribution in [-0.2, 0) is 0 Å². The molecule has 0 bridgehead atoms. The number of halogens is 1. The molecule has 2 rings (SSSR count). The second-order valence-corrected chi connectivity index (χ2v) is 5.17. The minimum atomic E-state index is 0. The van der Waals surface area contributed by atoms with Gasteiger partial charge in [-0.15, -0.1) is 12.4 Å². The van der Waals surface area contributed by atoms with E-state index in [2.05, 4.69) is 19.2 Å². The summed E-state index contributed by atoms with van der Waals surface area (Å²) in [7, 11) is 0. The van der Waals surface area contributed by atoms with Crippen molar-refractivity contribution >= 4 is 12.4 Å². The van der Waals surface area contributed by atoms with Crippen molar-refractivity contribution < 1.29 is 0 Å². The molecular weight excluding hydrogens is 182 g/mol. The number of nitrogens with one attached hydrogen (secondary N) is 1. The molecular formula is C11H22ClN. The van der Waals surface area contributed by atoms with E-state index in [1.807, 2.05) is 0 Å². The van der Waals surface area contributed by atoms with E-state index < -0.39 is 0 Å². The minimum absolute atomic E-state index is 0. The lowest BCUT2D eigenvalue weighted by Gasteiger charge is -2.39. The first-order chi connectivity index (χ1) is 5.70. The molecule has 0 saturated heterocycles. The summed E-state index contributed by atoms with van der Waals surface area (Å²) in [6.07, 6.45) is 7.26. The van der Waals surface area contributed by atoms with Crippen molar-refractivity contribution in [1.82, 2.24) is 5.32 Å². The van der Waals surface area contributed by atoms with E-state index in [0.717, 1.165) is 12.0 Å². The Bertz CT molecular complexity index is 161. The minimum Gasteiger partial charge on any atom is -0.313 e. The van der Waals surface area contributed by atoms with Gasteiger partial charge in [0.2, 0.25) is 0 Å². The number of rotatable bonds is 4. The lowest BCUT2D eigenvalue weighted by Crippen LogP contribution is -2.41. The van der Waals surface area contributed by atoms with E-state index in [9.17, 15) is 0 Å². The molecule has 2 aliphatic carbocycles. The molecule has 0 aromatic carbocycles. The van der Waals surface area contributed by atoms with E-state index in [4.69, 9.17) is 0 Å². The molecule has 1 nitrogen and oxygen atoms in total. The lowest BCUT2D eigenvalue weighted by molar-refractivity contribution is 0.150. The summed E-state index contributed by atoms with van der Waals surface area (Å²) >= 11 is 0. The molecule has 0 spiro atoms. The smallest absolute Gasteiger partial charge is 0.00672 e. The van der Waals surface area contributed by atoms with Crippen LogP contribution in [0.2, 0.25) is 0 Å². The first-order valence-electron chi connectivity index (χ1n) is 5.43. The van der Waals surface area contributed by atoms with Crippen molar-refractivity contribution in [2.45, 2.75) is 52.0 Å². The zero-order valence-electron chi connectivity index (χ0n) is 8.81. The van der Waals surface area contributed by atoms with Crippen molar-refractivity contribution in [2.24, 2.45) is 11.3 Å². The van der Waals surface area contributed by atoms with Gasteiger partial charge in [-0.3, -0.25) is 0 Å². The zero-order chi connectivity index (χ0) is 8.60. The molecule has 1 N–H and O–H groups in total. The molecule has 1 atom stereocenters. The van der Waals surface area contributed by atoms with Crippen LogP contribution in [0.15, 0.2) is 0 Å². The second kappa shape index (κ2) is 4.18. The Morgan fingerprint density at radius 1 is 1.38 bits per heavy atom. The summed E-state index contributed by atoms with van der Waals surface area (Å²) in [6.45, 7) is 6.02. The summed E-state index contributed by atoms with van der Waals surface area (Å²) in [6, 6.07) is 0.780. The van der Waals surface area contributed by atoms with Crippen LogP contribution in [0.25, 0.3) is 0 Å². The third kappa shape index (κ3) is 2.85. The predicted molar refractivity (Wildman–Crippen MR) is 59.4 cm³/mol. The van der Waals surface area contributed by atoms with Gasteiger partial charge in [0.25, 0.3) is 0 Å². The summed E-state index contributed by atoms with van der Waals surface area (Å²) < 4.78 is 0. The summed E-state index contributed by atoms with van der Waals surface area (Å²) in [5.41, 5.74) is 0.656. The molecule has 78 valence electrons. The van der Waals surface area contributed by atoms with Crippen molar-refractivity contribution in [1.29, 1.82) is 0 Å². The van der Waals surface area contributed by atoms with Crippen molar-refractivity contribution in [2.75, 3.05) is 6.54 Å². The molecule has 0 aromatic heterocycles. The van der Waals surface area contributed by atoms with Gasteiger partial charge in [-0.05, 0) is 43.9 Å². The second-order valence-electron chi connectivity index (χ2n) is 5.17. The van der Waals surface area contributed by atoms with Gasteiger partial charge in [-0.1, -0.05) is 13.3 Å². The van der Waals surface area contributed by atoms with Gasteiger partial charge in [0.05, 0.1) is 0 Å². The fraction of sp³-hybridized carbons (Fsp3) is 1.00. The third-order valence-corrected chi connectivity index (χ3v) is 3.74. The molecule has 2 heteroatoms. The lowest BCUT2D eigenvalue weighted by atomic mass is 9.70. The molecule has 2 aliphatic rings. The maximum absolute atomic E-state index is 3.69. The van der Waals surface area contributed by atoms with Crippen LogP contribution in [-0.4, -0.2) is 12.6 Å². The normalized spacial score (nSPS) is 27.2. The van der Waals surface area contributed by atoms with Crippen LogP contribution in [0.1, 0.15) is 46.0 Å². The van der Waals surface area contributed by atoms with E-state index in [1.54, 1.807) is 0 Å². The Hall–Kier alpha value is 0.250. The van der Waals surface area contributed by atoms with Gasteiger partial charge in [0.15, 0.2) is 0 Å². The van der Waals surface area contributed by atoms with Gasteiger partial charge < -0.3 is 5.32 Å². The maximum Gasteiger partial charge on any atom is 0.00672 e. The average molecular weight is 204 g/mol. The fourth-order valence-corrected chi connectivity index (χ4v) is 2.13. The predicted octanol–water partition coefficient (Wildman–Crippen LogP) is 2.99. The average Bonchev–Trinajstić information content (AvgIpc) is 2.78. The molecule has 2 saturated carbocycles. The van der Waals surface area contributed by atoms with Crippen LogP contribution >= 0.6 is 12.4 Å². The summed E-state index contributed by atoms with van der Waals surface area (Å²) in [5, 5.41) is 3.69. The van der Waals surface area contributed by atoms with Gasteiger partial charge >= 0.3 is 0 Å². The first kappa shape index (κ1) is 11.3. The maximum atomic E-state index is 3.69. The topological polar surface area (TPSA) is 12.0 Å². The summed E-state index contributed by atoms with van der Waals surface area (Å²) in [5.74, 6) is 1.01.